The van der Waals surface area contributed by atoms with E-state index in [2.05, 4.69) is 0 Å². The van der Waals surface area contributed by atoms with Crippen LogP contribution in [0.5, 0.6) is 0 Å². The van der Waals surface area contributed by atoms with Crippen molar-refractivity contribution in [3.8, 4) is 0 Å². The fourth-order valence-corrected chi connectivity index (χ4v) is 2.08. The second-order valence-electron chi connectivity index (χ2n) is 4.82. The molecule has 0 aliphatic heterocycles. The summed E-state index contributed by atoms with van der Waals surface area (Å²) in [5, 5.41) is 10.7. The molecule has 0 saturated heterocycles. The topological polar surface area (TPSA) is 82.3 Å². The average molecular weight is 260 g/mol. The summed E-state index contributed by atoms with van der Waals surface area (Å²) in [6.45, 7) is 2.46. The number of hydrogen-bond donors (Lipinski definition) is 1. The van der Waals surface area contributed by atoms with E-state index in [1.54, 1.807) is 18.4 Å². The minimum Gasteiger partial charge on any atom is -0.469 e. The number of furan rings is 1. The van der Waals surface area contributed by atoms with Gasteiger partial charge in [0, 0.05) is 30.5 Å². The molecule has 1 unspecified atom stereocenters. The molecular weight excluding hydrogens is 244 g/mol. The number of nitro groups is 1. The highest BCUT2D eigenvalue weighted by Gasteiger charge is 2.27. The van der Waals surface area contributed by atoms with Gasteiger partial charge in [-0.3, -0.25) is 10.1 Å². The lowest BCUT2D eigenvalue weighted by atomic mass is 9.79. The molecule has 5 nitrogen and oxygen atoms in total. The maximum absolute atomic E-state index is 10.7. The summed E-state index contributed by atoms with van der Waals surface area (Å²) in [5.41, 5.74) is 6.63. The fourth-order valence-electron chi connectivity index (χ4n) is 2.08. The number of non-ortho nitro benzene ring substituents is 1. The first-order valence-electron chi connectivity index (χ1n) is 6.02. The molecule has 2 rings (SSSR count). The van der Waals surface area contributed by atoms with Gasteiger partial charge in [0.15, 0.2) is 0 Å². The van der Waals surface area contributed by atoms with Crippen molar-refractivity contribution in [3.05, 3.63) is 64.1 Å². The molecule has 0 radical (unpaired) electrons. The lowest BCUT2D eigenvalue weighted by Crippen LogP contribution is -2.34. The van der Waals surface area contributed by atoms with Crippen molar-refractivity contribution < 1.29 is 9.34 Å². The summed E-state index contributed by atoms with van der Waals surface area (Å²) in [6, 6.07) is 10.3. The van der Waals surface area contributed by atoms with Crippen LogP contribution in [0.1, 0.15) is 18.2 Å². The van der Waals surface area contributed by atoms with Gasteiger partial charge >= 0.3 is 0 Å². The van der Waals surface area contributed by atoms with Crippen molar-refractivity contribution in [2.24, 2.45) is 5.73 Å². The number of rotatable bonds is 5. The minimum absolute atomic E-state index is 0.0844. The lowest BCUT2D eigenvalue weighted by Gasteiger charge is -2.27. The summed E-state index contributed by atoms with van der Waals surface area (Å²) in [4.78, 5) is 10.2. The first kappa shape index (κ1) is 13.3. The van der Waals surface area contributed by atoms with Crippen LogP contribution >= 0.6 is 0 Å². The van der Waals surface area contributed by atoms with E-state index in [1.165, 1.54) is 12.1 Å². The summed E-state index contributed by atoms with van der Waals surface area (Å²) in [7, 11) is 0. The number of nitro benzene ring substituents is 1. The third kappa shape index (κ3) is 2.82. The van der Waals surface area contributed by atoms with Gasteiger partial charge in [-0.2, -0.15) is 0 Å². The molecule has 0 saturated carbocycles. The Morgan fingerprint density at radius 2 is 2.00 bits per heavy atom. The van der Waals surface area contributed by atoms with Crippen molar-refractivity contribution in [1.82, 2.24) is 0 Å². The van der Waals surface area contributed by atoms with Crippen LogP contribution in [-0.4, -0.2) is 11.5 Å². The Kier molecular flexibility index (Phi) is 3.66. The molecule has 1 heterocycles. The Bertz CT molecular complexity index is 549. The monoisotopic (exact) mass is 260 g/mol. The number of benzene rings is 1. The lowest BCUT2D eigenvalue weighted by molar-refractivity contribution is -0.384. The first-order chi connectivity index (χ1) is 9.05. The minimum atomic E-state index is -0.407. The Morgan fingerprint density at radius 3 is 2.47 bits per heavy atom. The van der Waals surface area contributed by atoms with E-state index in [-0.39, 0.29) is 11.1 Å². The van der Waals surface area contributed by atoms with Gasteiger partial charge in [-0.1, -0.05) is 19.1 Å². The van der Waals surface area contributed by atoms with Crippen LogP contribution in [0.3, 0.4) is 0 Å². The molecule has 0 fully saturated rings. The Morgan fingerprint density at radius 1 is 1.32 bits per heavy atom. The molecule has 0 spiro atoms. The molecule has 0 bridgehead atoms. The summed E-state index contributed by atoms with van der Waals surface area (Å²) in [5.74, 6) is 0.853. The van der Waals surface area contributed by atoms with Gasteiger partial charge in [0.05, 0.1) is 11.2 Å². The van der Waals surface area contributed by atoms with Crippen molar-refractivity contribution in [2.75, 3.05) is 6.54 Å². The smallest absolute Gasteiger partial charge is 0.269 e. The van der Waals surface area contributed by atoms with Gasteiger partial charge in [-0.15, -0.1) is 0 Å². The number of nitrogens with zero attached hydrogens (tertiary/aromatic N) is 1. The Hall–Kier alpha value is -2.14. The normalized spacial score (nSPS) is 14.0. The van der Waals surface area contributed by atoms with Gasteiger partial charge in [-0.05, 0) is 17.7 Å². The third-order valence-electron chi connectivity index (χ3n) is 3.37. The van der Waals surface area contributed by atoms with Crippen molar-refractivity contribution >= 4 is 5.69 Å². The second-order valence-corrected chi connectivity index (χ2v) is 4.82. The highest BCUT2D eigenvalue weighted by Crippen LogP contribution is 2.28. The van der Waals surface area contributed by atoms with E-state index >= 15 is 0 Å². The van der Waals surface area contributed by atoms with Crippen LogP contribution < -0.4 is 5.73 Å². The maximum atomic E-state index is 10.7. The standard InChI is InChI=1S/C14H16N2O3/c1-14(10-15,9-13-3-2-8-19-13)11-4-6-12(7-5-11)16(17)18/h2-8H,9-10,15H2,1H3. The van der Waals surface area contributed by atoms with Crippen molar-refractivity contribution in [3.63, 3.8) is 0 Å². The predicted molar refractivity (Wildman–Crippen MR) is 71.9 cm³/mol. The van der Waals surface area contributed by atoms with E-state index in [4.69, 9.17) is 10.2 Å². The van der Waals surface area contributed by atoms with Crippen LogP contribution in [0.4, 0.5) is 5.69 Å². The molecule has 2 aromatic rings. The molecule has 1 atom stereocenters. The van der Waals surface area contributed by atoms with Gasteiger partial charge < -0.3 is 10.2 Å². The zero-order valence-electron chi connectivity index (χ0n) is 10.7. The van der Waals surface area contributed by atoms with Gasteiger partial charge in [0.25, 0.3) is 5.69 Å². The molecule has 2 N–H and O–H groups in total. The van der Waals surface area contributed by atoms with Crippen LogP contribution in [-0.2, 0) is 11.8 Å². The number of nitrogens with two attached hydrogens (primary N) is 1. The summed E-state index contributed by atoms with van der Waals surface area (Å²) in [6.07, 6.45) is 2.29. The Labute approximate surface area is 111 Å². The van der Waals surface area contributed by atoms with E-state index in [1.807, 2.05) is 19.1 Å². The maximum Gasteiger partial charge on any atom is 0.269 e. The second kappa shape index (κ2) is 5.24. The molecule has 0 aliphatic rings. The highest BCUT2D eigenvalue weighted by molar-refractivity contribution is 5.37. The molecule has 1 aromatic carbocycles. The Balaban J connectivity index is 2.27. The largest absolute Gasteiger partial charge is 0.469 e. The van der Waals surface area contributed by atoms with Crippen LogP contribution in [0, 0.1) is 10.1 Å². The van der Waals surface area contributed by atoms with Crippen LogP contribution in [0.25, 0.3) is 0 Å². The van der Waals surface area contributed by atoms with E-state index < -0.39 is 4.92 Å². The molecule has 19 heavy (non-hydrogen) atoms. The quantitative estimate of drug-likeness (QED) is 0.661. The van der Waals surface area contributed by atoms with Gasteiger partial charge in [0.2, 0.25) is 0 Å². The summed E-state index contributed by atoms with van der Waals surface area (Å²) >= 11 is 0. The van der Waals surface area contributed by atoms with E-state index in [0.29, 0.717) is 13.0 Å². The third-order valence-corrected chi connectivity index (χ3v) is 3.37. The van der Waals surface area contributed by atoms with Crippen molar-refractivity contribution in [2.45, 2.75) is 18.8 Å². The van der Waals surface area contributed by atoms with Crippen LogP contribution in [0.2, 0.25) is 0 Å². The molecule has 0 amide bonds. The molecule has 0 aliphatic carbocycles. The zero-order chi connectivity index (χ0) is 13.9. The molecule has 5 heteroatoms. The fraction of sp³-hybridized carbons (Fsp3) is 0.286. The molecule has 1 aromatic heterocycles. The summed E-state index contributed by atoms with van der Waals surface area (Å²) < 4.78 is 5.35. The van der Waals surface area contributed by atoms with Gasteiger partial charge in [0.1, 0.15) is 5.76 Å². The van der Waals surface area contributed by atoms with E-state index in [9.17, 15) is 10.1 Å². The van der Waals surface area contributed by atoms with Gasteiger partial charge in [-0.25, -0.2) is 0 Å². The molecule has 100 valence electrons. The van der Waals surface area contributed by atoms with Crippen molar-refractivity contribution in [1.29, 1.82) is 0 Å². The SMILES string of the molecule is CC(CN)(Cc1ccco1)c1ccc([N+](=O)[O-])cc1. The average Bonchev–Trinajstić information content (AvgIpc) is 2.91. The van der Waals surface area contributed by atoms with E-state index in [0.717, 1.165) is 11.3 Å². The van der Waals surface area contributed by atoms with Crippen LogP contribution in [0.15, 0.2) is 47.1 Å². The highest BCUT2D eigenvalue weighted by atomic mass is 16.6. The molecular formula is C14H16N2O3. The number of hydrogen-bond acceptors (Lipinski definition) is 4. The zero-order valence-corrected chi connectivity index (χ0v) is 10.7. The predicted octanol–water partition coefficient (Wildman–Crippen LogP) is 2.65. The first-order valence-corrected chi connectivity index (χ1v) is 6.02.